The SMILES string of the molecule is OC1C/C(=C/c2ccccc2)CN(Cc2ccccc2)C1. The number of nitrogens with zero attached hydrogens (tertiary/aromatic N) is 1. The second-order valence-electron chi connectivity index (χ2n) is 5.73. The van der Waals surface area contributed by atoms with Gasteiger partial charge >= 0.3 is 0 Å². The van der Waals surface area contributed by atoms with Crippen molar-refractivity contribution in [2.75, 3.05) is 13.1 Å². The molecule has 0 spiro atoms. The van der Waals surface area contributed by atoms with E-state index in [0.29, 0.717) is 0 Å². The van der Waals surface area contributed by atoms with Crippen LogP contribution in [0.15, 0.2) is 66.2 Å². The van der Waals surface area contributed by atoms with Crippen molar-refractivity contribution >= 4 is 6.08 Å². The van der Waals surface area contributed by atoms with E-state index in [4.69, 9.17) is 0 Å². The number of benzene rings is 2. The molecule has 21 heavy (non-hydrogen) atoms. The molecular formula is C19H21NO. The third kappa shape index (κ3) is 4.03. The third-order valence-electron chi connectivity index (χ3n) is 3.81. The molecule has 1 fully saturated rings. The number of aliphatic hydroxyl groups is 1. The predicted octanol–water partition coefficient (Wildman–Crippen LogP) is 3.34. The van der Waals surface area contributed by atoms with Crippen molar-refractivity contribution in [3.8, 4) is 0 Å². The summed E-state index contributed by atoms with van der Waals surface area (Å²) in [6.45, 7) is 2.58. The molecule has 2 aromatic carbocycles. The molecule has 1 heterocycles. The number of piperidine rings is 1. The maximum absolute atomic E-state index is 10.1. The Morgan fingerprint density at radius 1 is 1.00 bits per heavy atom. The van der Waals surface area contributed by atoms with E-state index in [-0.39, 0.29) is 6.10 Å². The molecule has 1 unspecified atom stereocenters. The van der Waals surface area contributed by atoms with E-state index in [1.54, 1.807) is 0 Å². The third-order valence-corrected chi connectivity index (χ3v) is 3.81. The molecule has 0 bridgehead atoms. The summed E-state index contributed by atoms with van der Waals surface area (Å²) in [5.74, 6) is 0. The molecule has 3 rings (SSSR count). The van der Waals surface area contributed by atoms with Gasteiger partial charge in [-0.05, 0) is 17.5 Å². The van der Waals surface area contributed by atoms with Gasteiger partial charge in [0.05, 0.1) is 6.10 Å². The molecule has 1 aliphatic rings. The van der Waals surface area contributed by atoms with Crippen LogP contribution in [0.2, 0.25) is 0 Å². The molecule has 1 N–H and O–H groups in total. The minimum absolute atomic E-state index is 0.266. The molecule has 108 valence electrons. The lowest BCUT2D eigenvalue weighted by Crippen LogP contribution is -2.39. The van der Waals surface area contributed by atoms with E-state index in [0.717, 1.165) is 26.1 Å². The lowest BCUT2D eigenvalue weighted by Gasteiger charge is -2.32. The van der Waals surface area contributed by atoms with Crippen molar-refractivity contribution in [1.29, 1.82) is 0 Å². The summed E-state index contributed by atoms with van der Waals surface area (Å²) in [5, 5.41) is 10.1. The Balaban J connectivity index is 1.71. The number of rotatable bonds is 3. The molecule has 0 radical (unpaired) electrons. The van der Waals surface area contributed by atoms with Gasteiger partial charge in [0, 0.05) is 19.6 Å². The first-order chi connectivity index (χ1) is 10.3. The van der Waals surface area contributed by atoms with Gasteiger partial charge in [0.15, 0.2) is 0 Å². The maximum atomic E-state index is 10.1. The van der Waals surface area contributed by atoms with Gasteiger partial charge in [0.2, 0.25) is 0 Å². The summed E-state index contributed by atoms with van der Waals surface area (Å²) in [7, 11) is 0. The van der Waals surface area contributed by atoms with Crippen molar-refractivity contribution in [3.63, 3.8) is 0 Å². The van der Waals surface area contributed by atoms with Crippen molar-refractivity contribution in [2.24, 2.45) is 0 Å². The smallest absolute Gasteiger partial charge is 0.0705 e. The van der Waals surface area contributed by atoms with Crippen molar-refractivity contribution < 1.29 is 5.11 Å². The number of aliphatic hydroxyl groups excluding tert-OH is 1. The van der Waals surface area contributed by atoms with Gasteiger partial charge in [0.1, 0.15) is 0 Å². The van der Waals surface area contributed by atoms with E-state index in [9.17, 15) is 5.11 Å². The van der Waals surface area contributed by atoms with Gasteiger partial charge in [-0.2, -0.15) is 0 Å². The van der Waals surface area contributed by atoms with Gasteiger partial charge in [-0.1, -0.05) is 72.3 Å². The largest absolute Gasteiger partial charge is 0.391 e. The fourth-order valence-electron chi connectivity index (χ4n) is 2.93. The molecule has 2 heteroatoms. The van der Waals surface area contributed by atoms with E-state index in [1.165, 1.54) is 16.7 Å². The van der Waals surface area contributed by atoms with E-state index in [2.05, 4.69) is 47.4 Å². The first kappa shape index (κ1) is 14.1. The van der Waals surface area contributed by atoms with Crippen molar-refractivity contribution in [2.45, 2.75) is 19.1 Å². The van der Waals surface area contributed by atoms with Gasteiger partial charge in [0.25, 0.3) is 0 Å². The Morgan fingerprint density at radius 2 is 1.67 bits per heavy atom. The van der Waals surface area contributed by atoms with Crippen molar-refractivity contribution in [3.05, 3.63) is 77.4 Å². The van der Waals surface area contributed by atoms with Crippen LogP contribution in [-0.4, -0.2) is 29.2 Å². The molecule has 2 aromatic rings. The van der Waals surface area contributed by atoms with Crippen LogP contribution < -0.4 is 0 Å². The summed E-state index contributed by atoms with van der Waals surface area (Å²) in [4.78, 5) is 2.32. The first-order valence-electron chi connectivity index (χ1n) is 7.48. The molecule has 0 saturated carbocycles. The van der Waals surface area contributed by atoms with Crippen LogP contribution in [0.1, 0.15) is 17.5 Å². The summed E-state index contributed by atoms with van der Waals surface area (Å²) >= 11 is 0. The topological polar surface area (TPSA) is 23.5 Å². The molecule has 1 aliphatic heterocycles. The summed E-state index contributed by atoms with van der Waals surface area (Å²) in [6.07, 6.45) is 2.72. The van der Waals surface area contributed by atoms with Crippen LogP contribution in [0.5, 0.6) is 0 Å². The summed E-state index contributed by atoms with van der Waals surface area (Å²) in [5.41, 5.74) is 3.81. The summed E-state index contributed by atoms with van der Waals surface area (Å²) in [6, 6.07) is 20.8. The minimum atomic E-state index is -0.266. The number of β-amino-alcohol motifs (C(OH)–C–C–N with tert-alkyl or cyclic N) is 1. The Labute approximate surface area is 126 Å². The lowest BCUT2D eigenvalue weighted by atomic mass is 9.99. The van der Waals surface area contributed by atoms with Crippen LogP contribution in [0, 0.1) is 0 Å². The van der Waals surface area contributed by atoms with Crippen LogP contribution in [0.4, 0.5) is 0 Å². The summed E-state index contributed by atoms with van der Waals surface area (Å²) < 4.78 is 0. The molecule has 2 nitrogen and oxygen atoms in total. The predicted molar refractivity (Wildman–Crippen MR) is 86.8 cm³/mol. The van der Waals surface area contributed by atoms with E-state index in [1.807, 2.05) is 24.3 Å². The molecular weight excluding hydrogens is 258 g/mol. The average molecular weight is 279 g/mol. The molecule has 1 saturated heterocycles. The van der Waals surface area contributed by atoms with E-state index >= 15 is 0 Å². The van der Waals surface area contributed by atoms with E-state index < -0.39 is 0 Å². The molecule has 0 amide bonds. The zero-order valence-corrected chi connectivity index (χ0v) is 12.2. The lowest BCUT2D eigenvalue weighted by molar-refractivity contribution is 0.0912. The minimum Gasteiger partial charge on any atom is -0.391 e. The van der Waals surface area contributed by atoms with Crippen LogP contribution >= 0.6 is 0 Å². The maximum Gasteiger partial charge on any atom is 0.0705 e. The highest BCUT2D eigenvalue weighted by molar-refractivity contribution is 5.53. The van der Waals surface area contributed by atoms with Gasteiger partial charge < -0.3 is 5.11 Å². The van der Waals surface area contributed by atoms with Gasteiger partial charge in [-0.15, -0.1) is 0 Å². The number of likely N-dealkylation sites (tertiary alicyclic amines) is 1. The molecule has 0 aromatic heterocycles. The average Bonchev–Trinajstić information content (AvgIpc) is 2.48. The Bertz CT molecular complexity index is 591. The zero-order chi connectivity index (χ0) is 14.5. The second-order valence-corrected chi connectivity index (χ2v) is 5.73. The highest BCUT2D eigenvalue weighted by atomic mass is 16.3. The molecule has 1 atom stereocenters. The number of hydrogen-bond donors (Lipinski definition) is 1. The highest BCUT2D eigenvalue weighted by Gasteiger charge is 2.21. The first-order valence-corrected chi connectivity index (χ1v) is 7.48. The molecule has 0 aliphatic carbocycles. The Hall–Kier alpha value is -1.90. The fraction of sp³-hybridized carbons (Fsp3) is 0.263. The number of hydrogen-bond acceptors (Lipinski definition) is 2. The Morgan fingerprint density at radius 3 is 2.38 bits per heavy atom. The second kappa shape index (κ2) is 6.70. The zero-order valence-electron chi connectivity index (χ0n) is 12.2. The highest BCUT2D eigenvalue weighted by Crippen LogP contribution is 2.20. The standard InChI is InChI=1S/C19H21NO/c21-19-12-18(11-16-7-3-1-4-8-16)14-20(15-19)13-17-9-5-2-6-10-17/h1-11,19,21H,12-15H2/b18-11-. The van der Waals surface area contributed by atoms with Crippen molar-refractivity contribution in [1.82, 2.24) is 4.90 Å². The normalized spacial score (nSPS) is 21.6. The fourth-order valence-corrected chi connectivity index (χ4v) is 2.93. The van der Waals surface area contributed by atoms with Gasteiger partial charge in [-0.25, -0.2) is 0 Å². The Kier molecular flexibility index (Phi) is 4.49. The van der Waals surface area contributed by atoms with Gasteiger partial charge in [-0.3, -0.25) is 4.90 Å². The van der Waals surface area contributed by atoms with Crippen LogP contribution in [-0.2, 0) is 6.54 Å². The van der Waals surface area contributed by atoms with Crippen LogP contribution in [0.3, 0.4) is 0 Å². The monoisotopic (exact) mass is 279 g/mol. The quantitative estimate of drug-likeness (QED) is 0.931. The van der Waals surface area contributed by atoms with Crippen LogP contribution in [0.25, 0.3) is 6.08 Å².